The third kappa shape index (κ3) is 1.72. The van der Waals surface area contributed by atoms with Crippen molar-refractivity contribution in [1.29, 1.82) is 0 Å². The summed E-state index contributed by atoms with van der Waals surface area (Å²) in [5.74, 6) is 0.00985. The van der Waals surface area contributed by atoms with Crippen LogP contribution in [0.3, 0.4) is 0 Å². The molecule has 3 rings (SSSR count). The van der Waals surface area contributed by atoms with Gasteiger partial charge in [0, 0.05) is 11.3 Å². The van der Waals surface area contributed by atoms with E-state index in [9.17, 15) is 9.90 Å². The van der Waals surface area contributed by atoms with E-state index < -0.39 is 0 Å². The van der Waals surface area contributed by atoms with E-state index in [1.807, 2.05) is 24.3 Å². The lowest BCUT2D eigenvalue weighted by molar-refractivity contribution is -0.112. The van der Waals surface area contributed by atoms with Crippen molar-refractivity contribution in [3.63, 3.8) is 0 Å². The highest BCUT2D eigenvalue weighted by atomic mass is 16.3. The van der Waals surface area contributed by atoms with Crippen LogP contribution in [0.4, 0.5) is 0 Å². The van der Waals surface area contributed by atoms with Crippen molar-refractivity contribution >= 4 is 12.0 Å². The zero-order valence-electron chi connectivity index (χ0n) is 8.92. The predicted molar refractivity (Wildman–Crippen MR) is 63.8 cm³/mol. The number of amides is 1. The summed E-state index contributed by atoms with van der Waals surface area (Å²) in [6.45, 7) is 0. The van der Waals surface area contributed by atoms with Crippen LogP contribution in [0.15, 0.2) is 47.5 Å². The second-order valence-electron chi connectivity index (χ2n) is 3.92. The Hall–Kier alpha value is -2.42. The highest BCUT2D eigenvalue weighted by Gasteiger charge is 2.05. The van der Waals surface area contributed by atoms with Crippen molar-refractivity contribution < 1.29 is 9.90 Å². The SMILES string of the molecule is O=C1C=c2ccc(-c3cccc(O)c3)cc2=N1. The average molecular weight is 223 g/mol. The van der Waals surface area contributed by atoms with E-state index >= 15 is 0 Å². The Morgan fingerprint density at radius 2 is 1.82 bits per heavy atom. The molecule has 0 radical (unpaired) electrons. The molecule has 0 saturated carbocycles. The monoisotopic (exact) mass is 223 g/mol. The summed E-state index contributed by atoms with van der Waals surface area (Å²) in [7, 11) is 0. The average Bonchev–Trinajstić information content (AvgIpc) is 2.68. The summed E-state index contributed by atoms with van der Waals surface area (Å²) in [5, 5.41) is 11.0. The number of aromatic hydroxyl groups is 1. The third-order valence-electron chi connectivity index (χ3n) is 2.72. The van der Waals surface area contributed by atoms with Crippen molar-refractivity contribution in [1.82, 2.24) is 0 Å². The first-order valence-electron chi connectivity index (χ1n) is 5.26. The molecular weight excluding hydrogens is 214 g/mol. The largest absolute Gasteiger partial charge is 0.508 e. The van der Waals surface area contributed by atoms with Crippen molar-refractivity contribution in [2.75, 3.05) is 0 Å². The molecule has 0 atom stereocenters. The molecule has 0 fully saturated rings. The quantitative estimate of drug-likeness (QED) is 0.784. The fourth-order valence-electron chi connectivity index (χ4n) is 1.91. The second-order valence-corrected chi connectivity index (χ2v) is 3.92. The van der Waals surface area contributed by atoms with Crippen molar-refractivity contribution in [3.05, 3.63) is 53.0 Å². The molecule has 3 heteroatoms. The van der Waals surface area contributed by atoms with Gasteiger partial charge in [0.2, 0.25) is 0 Å². The number of carbonyl (C=O) groups excluding carboxylic acids is 1. The standard InChI is InChI=1S/C14H9NO2/c16-12-3-1-2-9(6-12)10-4-5-11-8-14(17)15-13(11)7-10/h1-8,16H. The molecule has 0 unspecified atom stereocenters. The molecule has 0 saturated heterocycles. The molecule has 17 heavy (non-hydrogen) atoms. The minimum Gasteiger partial charge on any atom is -0.508 e. The number of fused-ring (bicyclic) bond motifs is 1. The van der Waals surface area contributed by atoms with Crippen LogP contribution in [0.1, 0.15) is 0 Å². The molecule has 3 nitrogen and oxygen atoms in total. The molecule has 0 aliphatic carbocycles. The minimum atomic E-state index is -0.215. The predicted octanol–water partition coefficient (Wildman–Crippen LogP) is 0.999. The van der Waals surface area contributed by atoms with Crippen LogP contribution in [0.25, 0.3) is 17.2 Å². The lowest BCUT2D eigenvalue weighted by Gasteiger charge is -2.01. The van der Waals surface area contributed by atoms with Crippen LogP contribution in [0.5, 0.6) is 5.75 Å². The Bertz CT molecular complexity index is 732. The van der Waals surface area contributed by atoms with Gasteiger partial charge in [-0.15, -0.1) is 0 Å². The molecule has 0 spiro atoms. The molecule has 0 bridgehead atoms. The Kier molecular flexibility index (Phi) is 2.05. The van der Waals surface area contributed by atoms with Gasteiger partial charge in [-0.2, -0.15) is 0 Å². The van der Waals surface area contributed by atoms with Gasteiger partial charge in [0.25, 0.3) is 5.91 Å². The van der Waals surface area contributed by atoms with Crippen LogP contribution >= 0.6 is 0 Å². The normalized spacial score (nSPS) is 12.8. The van der Waals surface area contributed by atoms with Crippen LogP contribution < -0.4 is 10.6 Å². The zero-order valence-corrected chi connectivity index (χ0v) is 8.92. The van der Waals surface area contributed by atoms with E-state index in [-0.39, 0.29) is 11.7 Å². The number of phenolic OH excluding ortho intramolecular Hbond substituents is 1. The van der Waals surface area contributed by atoms with Crippen LogP contribution in [-0.4, -0.2) is 11.0 Å². The molecule has 1 amide bonds. The summed E-state index contributed by atoms with van der Waals surface area (Å²) >= 11 is 0. The molecular formula is C14H9NO2. The van der Waals surface area contributed by atoms with Crippen molar-refractivity contribution in [2.24, 2.45) is 4.99 Å². The van der Waals surface area contributed by atoms with Gasteiger partial charge in [0.05, 0.1) is 5.36 Å². The van der Waals surface area contributed by atoms with Gasteiger partial charge in [-0.05, 0) is 29.3 Å². The van der Waals surface area contributed by atoms with Gasteiger partial charge in [-0.1, -0.05) is 24.3 Å². The maximum Gasteiger partial charge on any atom is 0.270 e. The first kappa shape index (κ1) is 9.78. The second kappa shape index (κ2) is 3.56. The first-order valence-corrected chi connectivity index (χ1v) is 5.26. The number of hydrogen-bond acceptors (Lipinski definition) is 2. The molecule has 1 aliphatic heterocycles. The molecule has 2 aromatic carbocycles. The summed E-state index contributed by atoms with van der Waals surface area (Å²) in [4.78, 5) is 15.0. The number of rotatable bonds is 1. The Morgan fingerprint density at radius 1 is 1.00 bits per heavy atom. The third-order valence-corrected chi connectivity index (χ3v) is 2.72. The number of benzene rings is 2. The molecule has 0 aromatic heterocycles. The van der Waals surface area contributed by atoms with Gasteiger partial charge < -0.3 is 5.11 Å². The molecule has 1 aliphatic rings. The van der Waals surface area contributed by atoms with Crippen LogP contribution in [0, 0.1) is 0 Å². The van der Waals surface area contributed by atoms with E-state index in [0.29, 0.717) is 5.36 Å². The lowest BCUT2D eigenvalue weighted by Crippen LogP contribution is -2.20. The minimum absolute atomic E-state index is 0.215. The smallest absolute Gasteiger partial charge is 0.270 e. The van der Waals surface area contributed by atoms with Gasteiger partial charge in [-0.25, -0.2) is 4.99 Å². The number of hydrogen-bond donors (Lipinski definition) is 1. The molecule has 2 aromatic rings. The topological polar surface area (TPSA) is 49.7 Å². The molecule has 1 heterocycles. The van der Waals surface area contributed by atoms with Crippen molar-refractivity contribution in [3.8, 4) is 16.9 Å². The Morgan fingerprint density at radius 3 is 2.65 bits per heavy atom. The highest BCUT2D eigenvalue weighted by Crippen LogP contribution is 2.21. The number of nitrogens with zero attached hydrogens (tertiary/aromatic N) is 1. The van der Waals surface area contributed by atoms with Gasteiger partial charge in [0.15, 0.2) is 0 Å². The van der Waals surface area contributed by atoms with E-state index in [0.717, 1.165) is 16.3 Å². The summed E-state index contributed by atoms with van der Waals surface area (Å²) < 4.78 is 0. The van der Waals surface area contributed by atoms with Gasteiger partial charge in [-0.3, -0.25) is 4.79 Å². The zero-order chi connectivity index (χ0) is 11.8. The van der Waals surface area contributed by atoms with E-state index in [2.05, 4.69) is 4.99 Å². The fourth-order valence-corrected chi connectivity index (χ4v) is 1.91. The summed E-state index contributed by atoms with van der Waals surface area (Å²) in [5.41, 5.74) is 1.84. The van der Waals surface area contributed by atoms with Gasteiger partial charge >= 0.3 is 0 Å². The summed E-state index contributed by atoms with van der Waals surface area (Å²) in [6, 6.07) is 12.6. The first-order chi connectivity index (χ1) is 8.22. The van der Waals surface area contributed by atoms with Crippen LogP contribution in [0.2, 0.25) is 0 Å². The van der Waals surface area contributed by atoms with E-state index in [1.165, 1.54) is 6.08 Å². The Balaban J connectivity index is 2.20. The lowest BCUT2D eigenvalue weighted by atomic mass is 10.0. The number of phenols is 1. The fraction of sp³-hybridized carbons (Fsp3) is 0. The Labute approximate surface area is 97.4 Å². The van der Waals surface area contributed by atoms with E-state index in [4.69, 9.17) is 0 Å². The van der Waals surface area contributed by atoms with Crippen LogP contribution in [-0.2, 0) is 4.79 Å². The highest BCUT2D eigenvalue weighted by molar-refractivity contribution is 6.06. The molecule has 82 valence electrons. The summed E-state index contributed by atoms with van der Waals surface area (Å²) in [6.07, 6.45) is 1.52. The van der Waals surface area contributed by atoms with Crippen molar-refractivity contribution in [2.45, 2.75) is 0 Å². The maximum atomic E-state index is 11.1. The number of carbonyl (C=O) groups is 1. The van der Waals surface area contributed by atoms with Gasteiger partial charge in [0.1, 0.15) is 5.75 Å². The molecule has 1 N–H and O–H groups in total. The maximum absolute atomic E-state index is 11.1. The van der Waals surface area contributed by atoms with E-state index in [1.54, 1.807) is 18.2 Å².